The molecule has 89 heavy (non-hydrogen) atoms. The van der Waals surface area contributed by atoms with Gasteiger partial charge in [-0.2, -0.15) is 0 Å². The molecule has 0 saturated heterocycles. The van der Waals surface area contributed by atoms with Gasteiger partial charge < -0.3 is 29.4 Å². The van der Waals surface area contributed by atoms with E-state index in [2.05, 4.69) is 343 Å². The van der Waals surface area contributed by atoms with E-state index in [1.54, 1.807) is 35.5 Å². The molecule has 0 saturated carbocycles. The van der Waals surface area contributed by atoms with E-state index in [4.69, 9.17) is 23.4 Å². The average molecular weight is 1350 g/mol. The molecule has 0 unspecified atom stereocenters. The summed E-state index contributed by atoms with van der Waals surface area (Å²) in [6.07, 6.45) is 0. The van der Waals surface area contributed by atoms with Crippen LogP contribution in [-0.2, 0) is 87.5 Å². The summed E-state index contributed by atoms with van der Waals surface area (Å²) in [5.41, 5.74) is 19.6. The quantitative estimate of drug-likeness (QED) is 0.150. The van der Waals surface area contributed by atoms with Gasteiger partial charge in [-0.15, -0.1) is 0 Å². The first-order valence-corrected chi connectivity index (χ1v) is 40.8. The highest BCUT2D eigenvalue weighted by molar-refractivity contribution is 8.70. The van der Waals surface area contributed by atoms with Crippen molar-refractivity contribution in [2.45, 2.75) is 0 Å². The minimum atomic E-state index is -2.45. The van der Waals surface area contributed by atoms with Gasteiger partial charge in [0, 0.05) is 148 Å². The first-order valence-electron chi connectivity index (χ1n) is 28.3. The van der Waals surface area contributed by atoms with Gasteiger partial charge in [-0.1, -0.05) is 169 Å². The molecule has 4 aliphatic heterocycles. The fourth-order valence-electron chi connectivity index (χ4n) is 12.4. The second-order valence-corrected chi connectivity index (χ2v) is 35.8. The van der Waals surface area contributed by atoms with E-state index in [9.17, 15) is 0 Å². The molecule has 0 aliphatic carbocycles. The van der Waals surface area contributed by atoms with Crippen LogP contribution in [-0.4, -0.2) is 0 Å². The lowest BCUT2D eigenvalue weighted by Crippen LogP contribution is -2.47. The molecule has 0 atom stereocenters. The third-order valence-corrected chi connectivity index (χ3v) is 32.1. The van der Waals surface area contributed by atoms with Crippen LogP contribution in [0.15, 0.2) is 303 Å². The fourth-order valence-corrected chi connectivity index (χ4v) is 29.0. The molecule has 0 radical (unpaired) electrons. The molecular weight excluding hydrogens is 1300 g/mol. The van der Waals surface area contributed by atoms with Gasteiger partial charge in [0.25, 0.3) is 0 Å². The molecule has 0 N–H and O–H groups in total. The predicted molar refractivity (Wildman–Crippen MR) is 405 cm³/mol. The van der Waals surface area contributed by atoms with E-state index in [1.807, 2.05) is 12.1 Å². The summed E-state index contributed by atoms with van der Waals surface area (Å²) in [5, 5.41) is 4.49. The molecule has 4 aliphatic rings. The molecule has 4 heterocycles. The largest absolute Gasteiger partial charge is 0.310 e. The molecule has 6 bridgehead atoms. The van der Waals surface area contributed by atoms with Gasteiger partial charge >= 0.3 is 0 Å². The number of hydrogen-bond donors (Lipinski definition) is 0. The summed E-state index contributed by atoms with van der Waals surface area (Å²) in [4.78, 5) is 14.0. The van der Waals surface area contributed by atoms with Crippen LogP contribution in [0.5, 0.6) is 0 Å². The summed E-state index contributed by atoms with van der Waals surface area (Å²) in [6.45, 7) is 0. The van der Waals surface area contributed by atoms with E-state index in [-0.39, 0.29) is 0 Å². The van der Waals surface area contributed by atoms with Crippen LogP contribution < -0.4 is 45.3 Å². The number of hydrogen-bond acceptors (Lipinski definition) is 9. The maximum atomic E-state index is 7.38. The van der Waals surface area contributed by atoms with Gasteiger partial charge in [-0.3, -0.25) is 0 Å². The smallest absolute Gasteiger partial charge is 0.0887 e. The number of benzene rings is 12. The van der Waals surface area contributed by atoms with Gasteiger partial charge in [0.2, 0.25) is 0 Å². The van der Waals surface area contributed by atoms with Gasteiger partial charge in [-0.25, -0.2) is 0 Å². The molecule has 434 valence electrons. The number of nitrogens with zero attached hydrogens (tertiary/aromatic N) is 6. The number of anilines is 18. The lowest BCUT2D eigenvalue weighted by atomic mass is 10.1. The van der Waals surface area contributed by atoms with Crippen molar-refractivity contribution < 1.29 is 0 Å². The van der Waals surface area contributed by atoms with Crippen molar-refractivity contribution in [3.8, 4) is 0 Å². The molecule has 0 amide bonds. The van der Waals surface area contributed by atoms with Crippen molar-refractivity contribution in [2.24, 2.45) is 0 Å². The predicted octanol–water partition coefficient (Wildman–Crippen LogP) is 19.8. The summed E-state index contributed by atoms with van der Waals surface area (Å²) in [6, 6.07) is 105. The highest BCUT2D eigenvalue weighted by atomic mass is 35.5. The van der Waals surface area contributed by atoms with Crippen molar-refractivity contribution in [2.75, 3.05) is 29.4 Å². The second kappa shape index (κ2) is 26.3. The Labute approximate surface area is 555 Å². The Kier molecular flexibility index (Phi) is 17.4. The third-order valence-electron chi connectivity index (χ3n) is 15.7. The SMILES string of the molecule is Clc1c2cccc1N(c1ccccc1)c1cccc(c1)N(c1ccccc1)c1cccc(c1)N2c1ccccc1.S=P12c3c4cccc3N(c3ccccc3)c3cccc(c31)N(c1ccccc1)c1cccc(c12)N4c1ccccc1.S=S=S=S=S=S=S=S. The fraction of sp³-hybridized carbons (Fsp3) is 0. The molecule has 0 spiro atoms. The van der Waals surface area contributed by atoms with Crippen LogP contribution in [0.1, 0.15) is 0 Å². The van der Waals surface area contributed by atoms with E-state index in [0.717, 1.165) is 68.2 Å². The van der Waals surface area contributed by atoms with E-state index < -0.39 is 6.04 Å². The van der Waals surface area contributed by atoms with E-state index in [1.165, 1.54) is 67.8 Å². The van der Waals surface area contributed by atoms with Crippen molar-refractivity contribution in [3.05, 3.63) is 308 Å². The summed E-state index contributed by atoms with van der Waals surface area (Å²) < 4.78 is 0. The average Bonchev–Trinajstić information content (AvgIpc) is 0.717. The zero-order valence-electron chi connectivity index (χ0n) is 47.1. The lowest BCUT2D eigenvalue weighted by molar-refractivity contribution is 1.22. The molecule has 0 fully saturated rings. The summed E-state index contributed by atoms with van der Waals surface area (Å²) in [7, 11) is 9.12. The van der Waals surface area contributed by atoms with Crippen LogP contribution in [0.25, 0.3) is 0 Å². The topological polar surface area (TPSA) is 19.4 Å². The first kappa shape index (κ1) is 58.8. The highest BCUT2D eigenvalue weighted by Crippen LogP contribution is 2.67. The van der Waals surface area contributed by atoms with Crippen LogP contribution in [0.3, 0.4) is 0 Å². The molecule has 17 heteroatoms. The number of para-hydroxylation sites is 6. The van der Waals surface area contributed by atoms with Gasteiger partial charge in [0.1, 0.15) is 0 Å². The van der Waals surface area contributed by atoms with Crippen LogP contribution in [0.4, 0.5) is 102 Å². The Bertz CT molecular complexity index is 4530. The van der Waals surface area contributed by atoms with Gasteiger partial charge in [0.15, 0.2) is 0 Å². The molecule has 12 aromatic carbocycles. The Morgan fingerprint density at radius 2 is 0.449 bits per heavy atom. The number of halogens is 1. The van der Waals surface area contributed by atoms with Crippen LogP contribution in [0, 0.1) is 0 Å². The number of fused-ring (bicyclic) bond motifs is 6. The molecular formula is C72H50ClN6PS9. The maximum absolute atomic E-state index is 7.38. The monoisotopic (exact) mass is 1350 g/mol. The van der Waals surface area contributed by atoms with Crippen LogP contribution >= 0.6 is 17.6 Å². The summed E-state index contributed by atoms with van der Waals surface area (Å²) >= 11 is 23.7. The lowest BCUT2D eigenvalue weighted by Gasteiger charge is -2.51. The maximum Gasteiger partial charge on any atom is 0.0887 e. The minimum Gasteiger partial charge on any atom is -0.310 e. The van der Waals surface area contributed by atoms with Crippen molar-refractivity contribution in [3.63, 3.8) is 0 Å². The normalized spacial score (nSPS) is 13.1. The third kappa shape index (κ3) is 11.0. The number of rotatable bonds is 6. The zero-order valence-corrected chi connectivity index (χ0v) is 56.0. The standard InChI is InChI=1S/C36H26ClN3.C36H24N3PS.S8/c37-36-34-23-12-24-35(36)40(29-17-8-3-9-18-29)33-22-11-20-31(26-33)38(27-13-4-1-5-14-27)30-19-10-21-32(25-30)39(34)28-15-6-2-7-16-28;41-40-34-28-19-10-21-30(34)38(26-15-6-2-7-16-26)32-23-12-24-33(36(32)40)39(27-17-8-3-9-18-27)31-22-11-20-29(35(31)40)37(28)25-13-4-1-5-14-25;1-3-5-7-8-6-4-2/h1-26H;1-24H;. The Hall–Kier alpha value is -7.86. The molecule has 0 aromatic heterocycles. The molecule has 12 aromatic rings. The molecule has 6 nitrogen and oxygen atoms in total. The van der Waals surface area contributed by atoms with Crippen molar-refractivity contribution in [1.29, 1.82) is 0 Å². The van der Waals surface area contributed by atoms with Gasteiger partial charge in [0.05, 0.1) is 56.6 Å². The Morgan fingerprint density at radius 1 is 0.236 bits per heavy atom. The van der Waals surface area contributed by atoms with Gasteiger partial charge in [-0.05, 0) is 158 Å². The van der Waals surface area contributed by atoms with Crippen molar-refractivity contribution >= 4 is 223 Å². The highest BCUT2D eigenvalue weighted by Gasteiger charge is 2.51. The van der Waals surface area contributed by atoms with E-state index >= 15 is 0 Å². The van der Waals surface area contributed by atoms with Crippen LogP contribution in [0.2, 0.25) is 5.02 Å². The second-order valence-electron chi connectivity index (χ2n) is 20.6. The molecule has 16 rings (SSSR count). The first-order chi connectivity index (χ1) is 44.0. The minimum absolute atomic E-state index is 0.673. The van der Waals surface area contributed by atoms with Crippen molar-refractivity contribution in [1.82, 2.24) is 0 Å². The Morgan fingerprint density at radius 3 is 0.719 bits per heavy atom. The van der Waals surface area contributed by atoms with E-state index in [0.29, 0.717) is 5.02 Å². The Balaban J connectivity index is 0.000000139. The zero-order chi connectivity index (χ0) is 60.3. The summed E-state index contributed by atoms with van der Waals surface area (Å²) in [5.74, 6) is 0.